The molecule has 0 N–H and O–H groups in total. The molecule has 3 heterocycles. The van der Waals surface area contributed by atoms with Crippen molar-refractivity contribution in [3.8, 4) is 11.3 Å². The molecule has 0 radical (unpaired) electrons. The van der Waals surface area contributed by atoms with Gasteiger partial charge in [0.2, 0.25) is 5.91 Å². The zero-order valence-corrected chi connectivity index (χ0v) is 16.7. The van der Waals surface area contributed by atoms with Crippen molar-refractivity contribution >= 4 is 28.2 Å². The van der Waals surface area contributed by atoms with E-state index in [1.165, 1.54) is 7.11 Å². The highest BCUT2D eigenvalue weighted by atomic mass is 32.1. The van der Waals surface area contributed by atoms with Crippen LogP contribution in [0.15, 0.2) is 41.9 Å². The molecule has 1 aliphatic rings. The summed E-state index contributed by atoms with van der Waals surface area (Å²) < 4.78 is 6.89. The number of methoxy groups -OCH3 is 1. The van der Waals surface area contributed by atoms with Gasteiger partial charge in [-0.15, -0.1) is 11.3 Å². The molecule has 6 nitrogen and oxygen atoms in total. The summed E-state index contributed by atoms with van der Waals surface area (Å²) >= 11 is 1.60. The Morgan fingerprint density at radius 2 is 1.96 bits per heavy atom. The van der Waals surface area contributed by atoms with Gasteiger partial charge in [0.05, 0.1) is 18.7 Å². The second-order valence-electron chi connectivity index (χ2n) is 7.05. The highest BCUT2D eigenvalue weighted by molar-refractivity contribution is 7.15. The summed E-state index contributed by atoms with van der Waals surface area (Å²) in [4.78, 5) is 31.7. The monoisotopic (exact) mass is 397 g/mol. The summed E-state index contributed by atoms with van der Waals surface area (Å²) in [6.45, 7) is 1.25. The minimum absolute atomic E-state index is 0.0760. The second-order valence-corrected chi connectivity index (χ2v) is 7.89. The number of hydrogen-bond donors (Lipinski definition) is 0. The van der Waals surface area contributed by atoms with Gasteiger partial charge in [-0.2, -0.15) is 0 Å². The molecule has 1 saturated heterocycles. The molecular formula is C21H23N3O3S. The number of amides is 1. The van der Waals surface area contributed by atoms with E-state index in [9.17, 15) is 9.59 Å². The van der Waals surface area contributed by atoms with Gasteiger partial charge in [-0.25, -0.2) is 4.98 Å². The zero-order valence-electron chi connectivity index (χ0n) is 15.8. The van der Waals surface area contributed by atoms with Crippen LogP contribution in [0, 0.1) is 5.92 Å². The van der Waals surface area contributed by atoms with Crippen LogP contribution in [0.1, 0.15) is 25.0 Å². The molecule has 1 aliphatic heterocycles. The molecule has 0 spiro atoms. The molecule has 0 saturated carbocycles. The molecule has 0 unspecified atom stereocenters. The van der Waals surface area contributed by atoms with E-state index in [4.69, 9.17) is 9.72 Å². The minimum Gasteiger partial charge on any atom is -0.469 e. The van der Waals surface area contributed by atoms with Crippen LogP contribution in [0.3, 0.4) is 0 Å². The largest absolute Gasteiger partial charge is 0.469 e. The molecule has 28 heavy (non-hydrogen) atoms. The topological polar surface area (TPSA) is 63.9 Å². The number of fused-ring (bicyclic) bond motifs is 1. The van der Waals surface area contributed by atoms with E-state index in [1.54, 1.807) is 11.3 Å². The number of aryl methyl sites for hydroxylation is 1. The predicted octanol–water partition coefficient (Wildman–Crippen LogP) is 3.41. The number of thiazole rings is 1. The van der Waals surface area contributed by atoms with Crippen LogP contribution in [0.25, 0.3) is 16.2 Å². The summed E-state index contributed by atoms with van der Waals surface area (Å²) in [7, 11) is 1.42. The Morgan fingerprint density at radius 3 is 2.68 bits per heavy atom. The van der Waals surface area contributed by atoms with Crippen LogP contribution in [0.5, 0.6) is 0 Å². The maximum absolute atomic E-state index is 12.6. The molecule has 4 rings (SSSR count). The number of hydrogen-bond acceptors (Lipinski definition) is 5. The number of benzene rings is 1. The Hall–Kier alpha value is -2.67. The number of carbonyl (C=O) groups excluding carboxylic acids is 2. The van der Waals surface area contributed by atoms with Gasteiger partial charge in [0.25, 0.3) is 0 Å². The molecule has 1 amide bonds. The molecule has 0 bridgehead atoms. The number of likely N-dealkylation sites (tertiary alicyclic amines) is 1. The number of nitrogens with zero attached hydrogens (tertiary/aromatic N) is 3. The van der Waals surface area contributed by atoms with Crippen molar-refractivity contribution in [3.05, 3.63) is 47.6 Å². The van der Waals surface area contributed by atoms with Crippen molar-refractivity contribution in [2.24, 2.45) is 5.92 Å². The van der Waals surface area contributed by atoms with E-state index in [0.717, 1.165) is 21.9 Å². The van der Waals surface area contributed by atoms with Crippen LogP contribution >= 0.6 is 11.3 Å². The third-order valence-corrected chi connectivity index (χ3v) is 6.22. The van der Waals surface area contributed by atoms with E-state index in [0.29, 0.717) is 38.8 Å². The lowest BCUT2D eigenvalue weighted by Crippen LogP contribution is -2.40. The fourth-order valence-corrected chi connectivity index (χ4v) is 4.59. The number of rotatable bonds is 5. The quantitative estimate of drug-likeness (QED) is 0.619. The van der Waals surface area contributed by atoms with Crippen LogP contribution < -0.4 is 0 Å². The van der Waals surface area contributed by atoms with Crippen LogP contribution in [-0.2, 0) is 20.7 Å². The van der Waals surface area contributed by atoms with E-state index in [2.05, 4.69) is 9.78 Å². The highest BCUT2D eigenvalue weighted by Crippen LogP contribution is 2.25. The molecule has 0 aliphatic carbocycles. The SMILES string of the molecule is COC(=O)C1CCN(C(=O)CCc2csc3nc(-c4ccccc4)cn23)CC1. The molecular weight excluding hydrogens is 374 g/mol. The summed E-state index contributed by atoms with van der Waals surface area (Å²) in [6, 6.07) is 10.1. The average Bonchev–Trinajstić information content (AvgIpc) is 3.33. The Bertz CT molecular complexity index is 971. The Morgan fingerprint density at radius 1 is 1.21 bits per heavy atom. The van der Waals surface area contributed by atoms with Crippen molar-refractivity contribution in [1.29, 1.82) is 0 Å². The fraction of sp³-hybridized carbons (Fsp3) is 0.381. The van der Waals surface area contributed by atoms with Crippen molar-refractivity contribution in [3.63, 3.8) is 0 Å². The van der Waals surface area contributed by atoms with Gasteiger partial charge in [0.1, 0.15) is 0 Å². The maximum atomic E-state index is 12.6. The molecule has 0 atom stereocenters. The van der Waals surface area contributed by atoms with Crippen molar-refractivity contribution < 1.29 is 14.3 Å². The van der Waals surface area contributed by atoms with Gasteiger partial charge in [-0.3, -0.25) is 14.0 Å². The minimum atomic E-state index is -0.165. The number of piperidine rings is 1. The third-order valence-electron chi connectivity index (χ3n) is 5.33. The number of carbonyl (C=O) groups is 2. The lowest BCUT2D eigenvalue weighted by molar-refractivity contribution is -0.148. The Labute approximate surface area is 167 Å². The van der Waals surface area contributed by atoms with E-state index in [1.807, 2.05) is 41.4 Å². The van der Waals surface area contributed by atoms with Gasteiger partial charge in [-0.1, -0.05) is 30.3 Å². The highest BCUT2D eigenvalue weighted by Gasteiger charge is 2.27. The third kappa shape index (κ3) is 3.80. The number of ether oxygens (including phenoxy) is 1. The van der Waals surface area contributed by atoms with Gasteiger partial charge >= 0.3 is 5.97 Å². The normalized spacial score (nSPS) is 15.1. The first kappa shape index (κ1) is 18.7. The summed E-state index contributed by atoms with van der Waals surface area (Å²) in [6.07, 6.45) is 4.56. The molecule has 1 aromatic carbocycles. The summed E-state index contributed by atoms with van der Waals surface area (Å²) in [5, 5.41) is 2.08. The fourth-order valence-electron chi connectivity index (χ4n) is 3.68. The van der Waals surface area contributed by atoms with Crippen molar-refractivity contribution in [1.82, 2.24) is 14.3 Å². The van der Waals surface area contributed by atoms with E-state index in [-0.39, 0.29) is 17.8 Å². The number of esters is 1. The first-order valence-electron chi connectivity index (χ1n) is 9.52. The van der Waals surface area contributed by atoms with Gasteiger partial charge in [-0.05, 0) is 19.3 Å². The van der Waals surface area contributed by atoms with Gasteiger partial charge < -0.3 is 9.64 Å². The molecule has 7 heteroatoms. The van der Waals surface area contributed by atoms with Crippen molar-refractivity contribution in [2.45, 2.75) is 25.7 Å². The Kier molecular flexibility index (Phi) is 5.43. The smallest absolute Gasteiger partial charge is 0.308 e. The molecule has 1 fully saturated rings. The predicted molar refractivity (Wildman–Crippen MR) is 108 cm³/mol. The average molecular weight is 398 g/mol. The van der Waals surface area contributed by atoms with E-state index >= 15 is 0 Å². The zero-order chi connectivity index (χ0) is 19.5. The lowest BCUT2D eigenvalue weighted by atomic mass is 9.97. The summed E-state index contributed by atoms with van der Waals surface area (Å²) in [5.41, 5.74) is 3.14. The standard InChI is InChI=1S/C21H23N3O3S/c1-27-20(26)16-9-11-23(12-10-16)19(25)8-7-17-14-28-21-22-18(13-24(17)21)15-5-3-2-4-6-15/h2-6,13-14,16H,7-12H2,1H3. The first-order chi connectivity index (χ1) is 13.7. The van der Waals surface area contributed by atoms with Crippen molar-refractivity contribution in [2.75, 3.05) is 20.2 Å². The maximum Gasteiger partial charge on any atom is 0.308 e. The van der Waals surface area contributed by atoms with Crippen LogP contribution in [0.2, 0.25) is 0 Å². The second kappa shape index (κ2) is 8.14. The van der Waals surface area contributed by atoms with Crippen LogP contribution in [-0.4, -0.2) is 46.4 Å². The molecule has 3 aromatic rings. The number of imidazole rings is 1. The number of aromatic nitrogens is 2. The first-order valence-corrected chi connectivity index (χ1v) is 10.4. The lowest BCUT2D eigenvalue weighted by Gasteiger charge is -2.30. The van der Waals surface area contributed by atoms with Gasteiger partial charge in [0, 0.05) is 42.3 Å². The van der Waals surface area contributed by atoms with Gasteiger partial charge in [0.15, 0.2) is 4.96 Å². The molecule has 146 valence electrons. The van der Waals surface area contributed by atoms with E-state index < -0.39 is 0 Å². The molecule has 2 aromatic heterocycles. The van der Waals surface area contributed by atoms with Crippen LogP contribution in [0.4, 0.5) is 0 Å². The Balaban J connectivity index is 1.37. The summed E-state index contributed by atoms with van der Waals surface area (Å²) in [5.74, 6) is -0.0962.